The number of carboxylic acids is 1. The van der Waals surface area contributed by atoms with Crippen LogP contribution in [0.25, 0.3) is 0 Å². The fourth-order valence-corrected chi connectivity index (χ4v) is 2.76. The first-order chi connectivity index (χ1) is 12.3. The number of carbonyl (C=O) groups excluding carboxylic acids is 1. The summed E-state index contributed by atoms with van der Waals surface area (Å²) in [5.74, 6) is -1.90. The molecule has 1 unspecified atom stereocenters. The second-order valence-corrected chi connectivity index (χ2v) is 5.67. The first-order valence-electron chi connectivity index (χ1n) is 7.64. The minimum absolute atomic E-state index is 0.0879. The molecule has 0 aliphatic carbocycles. The van der Waals surface area contributed by atoms with Crippen LogP contribution in [0.15, 0.2) is 36.5 Å². The zero-order chi connectivity index (χ0) is 18.9. The van der Waals surface area contributed by atoms with Crippen LogP contribution in [0.2, 0.25) is 0 Å². The summed E-state index contributed by atoms with van der Waals surface area (Å²) in [5, 5.41) is 12.8. The molecule has 1 atom stereocenters. The van der Waals surface area contributed by atoms with Gasteiger partial charge in [0.1, 0.15) is 12.2 Å². The first-order valence-corrected chi connectivity index (χ1v) is 7.64. The van der Waals surface area contributed by atoms with E-state index in [0.29, 0.717) is 10.2 Å². The Morgan fingerprint density at radius 2 is 1.96 bits per heavy atom. The molecule has 138 valence electrons. The van der Waals surface area contributed by atoms with Crippen LogP contribution in [-0.4, -0.2) is 39.7 Å². The topological polar surface area (TPSA) is 84.7 Å². The highest BCUT2D eigenvalue weighted by atomic mass is 19.4. The van der Waals surface area contributed by atoms with Crippen LogP contribution in [0.1, 0.15) is 28.4 Å². The number of nitrogens with zero attached hydrogens (tertiary/aromatic N) is 3. The maximum Gasteiger partial charge on any atom is 0.415 e. The van der Waals surface area contributed by atoms with Gasteiger partial charge in [0.05, 0.1) is 6.20 Å². The lowest BCUT2D eigenvalue weighted by Gasteiger charge is -2.33. The molecule has 1 aliphatic heterocycles. The van der Waals surface area contributed by atoms with Gasteiger partial charge in [0.15, 0.2) is 11.9 Å². The van der Waals surface area contributed by atoms with Gasteiger partial charge in [-0.3, -0.25) is 4.90 Å². The van der Waals surface area contributed by atoms with E-state index in [2.05, 4.69) is 5.10 Å². The Hall–Kier alpha value is -3.04. The molecule has 1 amide bonds. The second-order valence-electron chi connectivity index (χ2n) is 5.67. The molecule has 1 aliphatic rings. The van der Waals surface area contributed by atoms with E-state index in [4.69, 9.17) is 4.74 Å². The number of aromatic nitrogens is 2. The number of anilines is 1. The van der Waals surface area contributed by atoms with Gasteiger partial charge in [0, 0.05) is 6.54 Å². The van der Waals surface area contributed by atoms with Crippen molar-refractivity contribution in [2.45, 2.75) is 25.2 Å². The quantitative estimate of drug-likeness (QED) is 0.898. The molecule has 7 nitrogen and oxygen atoms in total. The average Bonchev–Trinajstić information content (AvgIpc) is 3.04. The van der Waals surface area contributed by atoms with E-state index < -0.39 is 42.1 Å². The zero-order valence-electron chi connectivity index (χ0n) is 13.3. The van der Waals surface area contributed by atoms with Crippen LogP contribution in [0.4, 0.5) is 23.8 Å². The Bertz CT molecular complexity index is 820. The van der Waals surface area contributed by atoms with E-state index in [1.165, 1.54) is 0 Å². The number of ether oxygens (including phenoxy) is 1. The van der Waals surface area contributed by atoms with Gasteiger partial charge in [-0.25, -0.2) is 14.3 Å². The Morgan fingerprint density at radius 3 is 2.58 bits per heavy atom. The van der Waals surface area contributed by atoms with E-state index >= 15 is 0 Å². The van der Waals surface area contributed by atoms with E-state index in [1.807, 2.05) is 0 Å². The van der Waals surface area contributed by atoms with Crippen molar-refractivity contribution in [1.29, 1.82) is 0 Å². The third kappa shape index (κ3) is 3.35. The molecular formula is C16H14F3N3O4. The molecule has 0 saturated heterocycles. The van der Waals surface area contributed by atoms with E-state index in [1.54, 1.807) is 30.3 Å². The molecule has 3 rings (SSSR count). The number of aromatic carboxylic acids is 1. The van der Waals surface area contributed by atoms with Crippen LogP contribution in [0.3, 0.4) is 0 Å². The summed E-state index contributed by atoms with van der Waals surface area (Å²) in [7, 11) is 0. The predicted octanol–water partition coefficient (Wildman–Crippen LogP) is 3.23. The Kier molecular flexibility index (Phi) is 4.58. The Labute approximate surface area is 145 Å². The van der Waals surface area contributed by atoms with Gasteiger partial charge < -0.3 is 9.84 Å². The summed E-state index contributed by atoms with van der Waals surface area (Å²) in [6.45, 7) is -0.417. The van der Waals surface area contributed by atoms with E-state index in [0.717, 1.165) is 11.1 Å². The molecule has 0 spiro atoms. The van der Waals surface area contributed by atoms with Gasteiger partial charge in [0.25, 0.3) is 0 Å². The normalized spacial score (nSPS) is 16.9. The van der Waals surface area contributed by atoms with Crippen molar-refractivity contribution in [3.05, 3.63) is 47.7 Å². The van der Waals surface area contributed by atoms with Crippen molar-refractivity contribution in [3.8, 4) is 0 Å². The SMILES string of the molecule is O=C(O)c1cnn2c1N(C(=O)OCc1ccccc1)CCC2C(F)(F)F. The number of carbonyl (C=O) groups is 2. The molecular weight excluding hydrogens is 355 g/mol. The van der Waals surface area contributed by atoms with E-state index in [-0.39, 0.29) is 13.2 Å². The van der Waals surface area contributed by atoms with Crippen molar-refractivity contribution in [1.82, 2.24) is 9.78 Å². The number of hydrogen-bond acceptors (Lipinski definition) is 4. The van der Waals surface area contributed by atoms with Gasteiger partial charge in [-0.2, -0.15) is 18.3 Å². The Balaban J connectivity index is 1.87. The highest BCUT2D eigenvalue weighted by molar-refractivity contribution is 5.98. The highest BCUT2D eigenvalue weighted by Gasteiger charge is 2.47. The lowest BCUT2D eigenvalue weighted by atomic mass is 10.1. The largest absolute Gasteiger partial charge is 0.477 e. The van der Waals surface area contributed by atoms with Gasteiger partial charge >= 0.3 is 18.2 Å². The molecule has 10 heteroatoms. The van der Waals surface area contributed by atoms with Crippen molar-refractivity contribution in [2.24, 2.45) is 0 Å². The molecule has 0 radical (unpaired) electrons. The van der Waals surface area contributed by atoms with E-state index in [9.17, 15) is 27.9 Å². The maximum absolute atomic E-state index is 13.2. The molecule has 1 aromatic heterocycles. The summed E-state index contributed by atoms with van der Waals surface area (Å²) >= 11 is 0. The third-order valence-electron chi connectivity index (χ3n) is 3.98. The standard InChI is InChI=1S/C16H14F3N3O4/c17-16(18,19)12-6-7-21(13-11(14(23)24)8-20-22(12)13)15(25)26-9-10-4-2-1-3-5-10/h1-5,8,12H,6-7,9H2,(H,23,24). The molecule has 0 bridgehead atoms. The maximum atomic E-state index is 13.2. The van der Waals surface area contributed by atoms with Crippen molar-refractivity contribution in [2.75, 3.05) is 11.4 Å². The zero-order valence-corrected chi connectivity index (χ0v) is 13.3. The number of amides is 1. The van der Waals surface area contributed by atoms with Crippen molar-refractivity contribution in [3.63, 3.8) is 0 Å². The fourth-order valence-electron chi connectivity index (χ4n) is 2.76. The van der Waals surface area contributed by atoms with Gasteiger partial charge in [-0.1, -0.05) is 30.3 Å². The van der Waals surface area contributed by atoms with Crippen LogP contribution in [0.5, 0.6) is 0 Å². The van der Waals surface area contributed by atoms with Gasteiger partial charge in [-0.15, -0.1) is 0 Å². The lowest BCUT2D eigenvalue weighted by Crippen LogP contribution is -2.44. The summed E-state index contributed by atoms with van der Waals surface area (Å²) < 4.78 is 45.2. The summed E-state index contributed by atoms with van der Waals surface area (Å²) in [6, 6.07) is 6.71. The summed E-state index contributed by atoms with van der Waals surface area (Å²) in [5.41, 5.74) is 0.202. The van der Waals surface area contributed by atoms with Gasteiger partial charge in [-0.05, 0) is 12.0 Å². The van der Waals surface area contributed by atoms with Crippen molar-refractivity contribution >= 4 is 17.9 Å². The number of hydrogen-bond donors (Lipinski definition) is 1. The smallest absolute Gasteiger partial charge is 0.415 e. The molecule has 2 heterocycles. The van der Waals surface area contributed by atoms with Gasteiger partial charge in [0.2, 0.25) is 0 Å². The van der Waals surface area contributed by atoms with Crippen LogP contribution in [-0.2, 0) is 11.3 Å². The molecule has 0 fully saturated rings. The minimum Gasteiger partial charge on any atom is -0.477 e. The number of benzene rings is 1. The summed E-state index contributed by atoms with van der Waals surface area (Å²) in [6.07, 6.45) is -5.19. The molecule has 1 aromatic carbocycles. The molecule has 1 N–H and O–H groups in total. The number of rotatable bonds is 3. The molecule has 26 heavy (non-hydrogen) atoms. The Morgan fingerprint density at radius 1 is 1.27 bits per heavy atom. The number of alkyl halides is 3. The van der Waals surface area contributed by atoms with Crippen LogP contribution in [0, 0.1) is 0 Å². The lowest BCUT2D eigenvalue weighted by molar-refractivity contribution is -0.172. The number of halogens is 3. The monoisotopic (exact) mass is 369 g/mol. The van der Waals surface area contributed by atoms with Crippen molar-refractivity contribution < 1.29 is 32.6 Å². The second kappa shape index (κ2) is 6.70. The minimum atomic E-state index is -4.61. The number of fused-ring (bicyclic) bond motifs is 1. The van der Waals surface area contributed by atoms with Crippen LogP contribution < -0.4 is 4.90 Å². The average molecular weight is 369 g/mol. The molecule has 0 saturated carbocycles. The highest BCUT2D eigenvalue weighted by Crippen LogP contribution is 2.40. The molecule has 2 aromatic rings. The predicted molar refractivity (Wildman–Crippen MR) is 82.9 cm³/mol. The first kappa shape index (κ1) is 17.8. The summed E-state index contributed by atoms with van der Waals surface area (Å²) in [4.78, 5) is 24.6. The number of carboxylic acid groups (broad SMARTS) is 1. The van der Waals surface area contributed by atoms with Crippen LogP contribution >= 0.6 is 0 Å². The third-order valence-corrected chi connectivity index (χ3v) is 3.98. The fraction of sp³-hybridized carbons (Fsp3) is 0.312.